The summed E-state index contributed by atoms with van der Waals surface area (Å²) in [6.45, 7) is 0.736. The Balaban J connectivity index is 2.80. The van der Waals surface area contributed by atoms with Crippen LogP contribution < -0.4 is 0 Å². The van der Waals surface area contributed by atoms with Gasteiger partial charge < -0.3 is 10.2 Å². The van der Waals surface area contributed by atoms with Gasteiger partial charge in [-0.05, 0) is 30.8 Å². The molecule has 100 valence electrons. The van der Waals surface area contributed by atoms with E-state index in [1.54, 1.807) is 0 Å². The summed E-state index contributed by atoms with van der Waals surface area (Å²) < 4.78 is 38.1. The van der Waals surface area contributed by atoms with Crippen molar-refractivity contribution >= 4 is 0 Å². The molecule has 0 saturated carbocycles. The van der Waals surface area contributed by atoms with E-state index in [-0.39, 0.29) is 12.0 Å². The molecule has 0 spiro atoms. The van der Waals surface area contributed by atoms with Crippen molar-refractivity contribution in [3.8, 4) is 0 Å². The van der Waals surface area contributed by atoms with E-state index in [0.717, 1.165) is 12.8 Å². The van der Waals surface area contributed by atoms with Crippen LogP contribution in [0.25, 0.3) is 0 Å². The molecule has 1 aliphatic carbocycles. The van der Waals surface area contributed by atoms with Crippen LogP contribution in [-0.2, 0) is 0 Å². The number of allylic oxidation sites excluding steroid dienone is 1. The summed E-state index contributed by atoms with van der Waals surface area (Å²) in [5.74, 6) is 0.403. The van der Waals surface area contributed by atoms with Gasteiger partial charge in [-0.3, -0.25) is 0 Å². The highest BCUT2D eigenvalue weighted by Gasteiger charge is 2.55. The van der Waals surface area contributed by atoms with Crippen LogP contribution in [0.3, 0.4) is 0 Å². The third-order valence-corrected chi connectivity index (χ3v) is 3.45. The summed E-state index contributed by atoms with van der Waals surface area (Å²) in [6, 6.07) is 0. The minimum atomic E-state index is -4.81. The normalized spacial score (nSPS) is 25.3. The Morgan fingerprint density at radius 1 is 1.41 bits per heavy atom. The van der Waals surface area contributed by atoms with Gasteiger partial charge in [0.15, 0.2) is 0 Å². The fraction of sp³-hybridized carbons (Fsp3) is 0.833. The molecule has 2 nitrogen and oxygen atoms in total. The molecule has 0 aromatic carbocycles. The smallest absolute Gasteiger partial charge is 0.393 e. The van der Waals surface area contributed by atoms with Crippen molar-refractivity contribution in [2.75, 3.05) is 6.61 Å². The topological polar surface area (TPSA) is 40.5 Å². The molecule has 0 radical (unpaired) electrons. The van der Waals surface area contributed by atoms with E-state index in [9.17, 15) is 18.3 Å². The predicted octanol–water partition coefficient (Wildman–Crippen LogP) is 2.80. The van der Waals surface area contributed by atoms with E-state index in [1.165, 1.54) is 6.08 Å². The van der Waals surface area contributed by atoms with Crippen LogP contribution in [-0.4, -0.2) is 28.6 Å². The van der Waals surface area contributed by atoms with Crippen LogP contribution in [0, 0.1) is 5.92 Å². The molecular weight excluding hydrogens is 233 g/mol. The second kappa shape index (κ2) is 5.40. The van der Waals surface area contributed by atoms with Gasteiger partial charge in [0.05, 0.1) is 6.61 Å². The predicted molar refractivity (Wildman–Crippen MR) is 58.4 cm³/mol. The van der Waals surface area contributed by atoms with Gasteiger partial charge in [-0.1, -0.05) is 25.8 Å². The Bertz CT molecular complexity index is 286. The number of halogens is 3. The van der Waals surface area contributed by atoms with Crippen LogP contribution in [0.1, 0.15) is 39.0 Å². The van der Waals surface area contributed by atoms with Crippen LogP contribution in [0.15, 0.2) is 11.6 Å². The lowest BCUT2D eigenvalue weighted by Gasteiger charge is -2.34. The van der Waals surface area contributed by atoms with Crippen molar-refractivity contribution in [2.45, 2.75) is 50.8 Å². The molecule has 2 atom stereocenters. The zero-order chi connectivity index (χ0) is 13.1. The van der Waals surface area contributed by atoms with E-state index in [0.29, 0.717) is 18.8 Å². The molecule has 0 aromatic heterocycles. The lowest BCUT2D eigenvalue weighted by Crippen LogP contribution is -2.50. The highest BCUT2D eigenvalue weighted by atomic mass is 19.4. The minimum absolute atomic E-state index is 0.0835. The quantitative estimate of drug-likeness (QED) is 0.755. The summed E-state index contributed by atoms with van der Waals surface area (Å²) in [4.78, 5) is 0. The monoisotopic (exact) mass is 252 g/mol. The van der Waals surface area contributed by atoms with Crippen molar-refractivity contribution in [1.29, 1.82) is 0 Å². The number of aliphatic hydroxyl groups excluding tert-OH is 1. The minimum Gasteiger partial charge on any atom is -0.393 e. The first-order valence-corrected chi connectivity index (χ1v) is 5.94. The lowest BCUT2D eigenvalue weighted by atomic mass is 9.80. The van der Waals surface area contributed by atoms with E-state index in [2.05, 4.69) is 0 Å². The molecule has 1 rings (SSSR count). The largest absolute Gasteiger partial charge is 0.423 e. The summed E-state index contributed by atoms with van der Waals surface area (Å²) in [6.07, 6.45) is 0.0598. The van der Waals surface area contributed by atoms with Gasteiger partial charge in [-0.2, -0.15) is 13.2 Å². The Morgan fingerprint density at radius 3 is 2.41 bits per heavy atom. The molecule has 0 aliphatic heterocycles. The Kier molecular flexibility index (Phi) is 4.61. The van der Waals surface area contributed by atoms with Gasteiger partial charge in [-0.25, -0.2) is 0 Å². The third kappa shape index (κ3) is 3.01. The van der Waals surface area contributed by atoms with E-state index < -0.39 is 18.4 Å². The third-order valence-electron chi connectivity index (χ3n) is 3.45. The van der Waals surface area contributed by atoms with Crippen molar-refractivity contribution < 1.29 is 23.4 Å². The fourth-order valence-electron chi connectivity index (χ4n) is 2.31. The Morgan fingerprint density at radius 2 is 2.06 bits per heavy atom. The standard InChI is InChI=1S/C12H19F3O2/c1-2-3-9-4-6-10(7-5-9)11(17,8-16)12(13,14)15/h6,9,16-17H,2-5,7-8H2,1H3. The Labute approximate surface area is 99.1 Å². The summed E-state index contributed by atoms with van der Waals surface area (Å²) >= 11 is 0. The number of aliphatic hydroxyl groups is 2. The van der Waals surface area contributed by atoms with Crippen molar-refractivity contribution in [2.24, 2.45) is 5.92 Å². The van der Waals surface area contributed by atoms with E-state index >= 15 is 0 Å². The van der Waals surface area contributed by atoms with Crippen molar-refractivity contribution in [3.05, 3.63) is 11.6 Å². The second-order valence-electron chi connectivity index (χ2n) is 4.67. The summed E-state index contributed by atoms with van der Waals surface area (Å²) in [5.41, 5.74) is -3.13. The van der Waals surface area contributed by atoms with Crippen molar-refractivity contribution in [3.63, 3.8) is 0 Å². The molecule has 0 saturated heterocycles. The van der Waals surface area contributed by atoms with Gasteiger partial charge in [0.25, 0.3) is 0 Å². The Hall–Kier alpha value is -0.550. The molecule has 5 heteroatoms. The average molecular weight is 252 g/mol. The molecule has 0 aromatic rings. The fourth-order valence-corrected chi connectivity index (χ4v) is 2.31. The second-order valence-corrected chi connectivity index (χ2v) is 4.67. The molecule has 0 fully saturated rings. The van der Waals surface area contributed by atoms with Gasteiger partial charge in [-0.15, -0.1) is 0 Å². The number of hydrogen-bond donors (Lipinski definition) is 2. The highest BCUT2D eigenvalue weighted by Crippen LogP contribution is 2.41. The van der Waals surface area contributed by atoms with Crippen LogP contribution >= 0.6 is 0 Å². The zero-order valence-corrected chi connectivity index (χ0v) is 9.93. The zero-order valence-electron chi connectivity index (χ0n) is 9.93. The molecule has 0 bridgehead atoms. The number of rotatable bonds is 4. The maximum atomic E-state index is 12.7. The molecular formula is C12H19F3O2. The van der Waals surface area contributed by atoms with Gasteiger partial charge in [0.1, 0.15) is 0 Å². The first-order chi connectivity index (χ1) is 7.85. The summed E-state index contributed by atoms with van der Waals surface area (Å²) in [7, 11) is 0. The van der Waals surface area contributed by atoms with Gasteiger partial charge in [0, 0.05) is 0 Å². The number of hydrogen-bond acceptors (Lipinski definition) is 2. The average Bonchev–Trinajstić information content (AvgIpc) is 2.28. The van der Waals surface area contributed by atoms with E-state index in [1.807, 2.05) is 6.92 Å². The number of alkyl halides is 3. The molecule has 2 N–H and O–H groups in total. The first kappa shape index (κ1) is 14.5. The molecule has 1 aliphatic rings. The van der Waals surface area contributed by atoms with E-state index in [4.69, 9.17) is 5.11 Å². The van der Waals surface area contributed by atoms with Gasteiger partial charge in [0.2, 0.25) is 5.60 Å². The molecule has 0 amide bonds. The maximum Gasteiger partial charge on any atom is 0.423 e. The van der Waals surface area contributed by atoms with Gasteiger partial charge >= 0.3 is 6.18 Å². The van der Waals surface area contributed by atoms with Crippen LogP contribution in [0.4, 0.5) is 13.2 Å². The van der Waals surface area contributed by atoms with Crippen LogP contribution in [0.2, 0.25) is 0 Å². The first-order valence-electron chi connectivity index (χ1n) is 5.94. The van der Waals surface area contributed by atoms with Crippen LogP contribution in [0.5, 0.6) is 0 Å². The molecule has 17 heavy (non-hydrogen) atoms. The lowest BCUT2D eigenvalue weighted by molar-refractivity contribution is -0.255. The van der Waals surface area contributed by atoms with Crippen molar-refractivity contribution in [1.82, 2.24) is 0 Å². The highest BCUT2D eigenvalue weighted by molar-refractivity contribution is 5.22. The molecule has 2 unspecified atom stereocenters. The molecule has 0 heterocycles. The SMILES string of the molecule is CCCC1CC=C(C(O)(CO)C(F)(F)F)CC1. The summed E-state index contributed by atoms with van der Waals surface area (Å²) in [5, 5.41) is 18.4. The maximum absolute atomic E-state index is 12.7.